The van der Waals surface area contributed by atoms with Crippen LogP contribution in [0.15, 0.2) is 54.6 Å². The highest BCUT2D eigenvalue weighted by molar-refractivity contribution is 5.78. The zero-order valence-electron chi connectivity index (χ0n) is 19.5. The lowest BCUT2D eigenvalue weighted by Crippen LogP contribution is -2.50. The molecule has 2 aromatic carbocycles. The molecule has 7 nitrogen and oxygen atoms in total. The molecule has 0 spiro atoms. The number of anilines is 1. The molecule has 1 fully saturated rings. The molecule has 0 unspecified atom stereocenters. The van der Waals surface area contributed by atoms with Crippen molar-refractivity contribution in [2.45, 2.75) is 20.8 Å². The maximum absolute atomic E-state index is 12.6. The quantitative estimate of drug-likeness (QED) is 0.549. The highest BCUT2D eigenvalue weighted by Crippen LogP contribution is 2.22. The molecule has 172 valence electrons. The summed E-state index contributed by atoms with van der Waals surface area (Å²) in [7, 11) is 0. The zero-order chi connectivity index (χ0) is 23.2. The van der Waals surface area contributed by atoms with Crippen molar-refractivity contribution in [3.63, 3.8) is 0 Å². The lowest BCUT2D eigenvalue weighted by molar-refractivity contribution is -0.133. The van der Waals surface area contributed by atoms with E-state index in [1.165, 1.54) is 0 Å². The van der Waals surface area contributed by atoms with Gasteiger partial charge in [-0.2, -0.15) is 0 Å². The van der Waals surface area contributed by atoms with Crippen LogP contribution in [0.3, 0.4) is 0 Å². The second-order valence-corrected chi connectivity index (χ2v) is 8.21. The van der Waals surface area contributed by atoms with E-state index in [-0.39, 0.29) is 12.5 Å². The van der Waals surface area contributed by atoms with Crippen molar-refractivity contribution < 1.29 is 14.3 Å². The maximum atomic E-state index is 12.6. The Kier molecular flexibility index (Phi) is 7.07. The van der Waals surface area contributed by atoms with Gasteiger partial charge in [-0.05, 0) is 80.4 Å². The van der Waals surface area contributed by atoms with Gasteiger partial charge in [0.15, 0.2) is 12.4 Å². The van der Waals surface area contributed by atoms with Crippen LogP contribution in [0.1, 0.15) is 18.1 Å². The average Bonchev–Trinajstić information content (AvgIpc) is 2.83. The predicted molar refractivity (Wildman–Crippen MR) is 129 cm³/mol. The van der Waals surface area contributed by atoms with Crippen molar-refractivity contribution in [3.8, 4) is 22.8 Å². The van der Waals surface area contributed by atoms with E-state index in [0.717, 1.165) is 39.7 Å². The van der Waals surface area contributed by atoms with Crippen LogP contribution >= 0.6 is 0 Å². The summed E-state index contributed by atoms with van der Waals surface area (Å²) in [6.45, 7) is 9.41. The number of rotatable bonds is 7. The summed E-state index contributed by atoms with van der Waals surface area (Å²) in [6.07, 6.45) is 0. The molecule has 33 heavy (non-hydrogen) atoms. The third kappa shape index (κ3) is 5.80. The second kappa shape index (κ2) is 10.3. The lowest BCUT2D eigenvalue weighted by atomic mass is 10.1. The molecule has 4 rings (SSSR count). The van der Waals surface area contributed by atoms with Gasteiger partial charge in [-0.15, -0.1) is 10.2 Å². The molecule has 1 aliphatic rings. The van der Waals surface area contributed by atoms with Crippen LogP contribution in [0.2, 0.25) is 0 Å². The number of nitrogens with zero attached hydrogens (tertiary/aromatic N) is 4. The van der Waals surface area contributed by atoms with E-state index in [1.807, 2.05) is 74.2 Å². The van der Waals surface area contributed by atoms with Gasteiger partial charge in [0.2, 0.25) is 0 Å². The molecule has 7 heteroatoms. The molecule has 1 saturated heterocycles. The number of amides is 1. The summed E-state index contributed by atoms with van der Waals surface area (Å²) in [5.41, 5.74) is 4.07. The van der Waals surface area contributed by atoms with Gasteiger partial charge in [0.25, 0.3) is 5.91 Å². The minimum absolute atomic E-state index is 0.00532. The number of carbonyl (C=O) groups is 1. The Morgan fingerprint density at radius 3 is 2.15 bits per heavy atom. The van der Waals surface area contributed by atoms with Crippen molar-refractivity contribution in [2.24, 2.45) is 0 Å². The van der Waals surface area contributed by atoms with Gasteiger partial charge in [0.1, 0.15) is 11.5 Å². The van der Waals surface area contributed by atoms with Gasteiger partial charge in [-0.3, -0.25) is 4.79 Å². The summed E-state index contributed by atoms with van der Waals surface area (Å²) < 4.78 is 11.2. The third-order valence-corrected chi connectivity index (χ3v) is 5.63. The SMILES string of the molecule is CCOc1ccc(-c2ccc(N3CCN(C(=O)COc4cc(C)cc(C)c4)CC3)nn2)cc1. The van der Waals surface area contributed by atoms with Crippen LogP contribution in [0.4, 0.5) is 5.82 Å². The molecule has 0 saturated carbocycles. The van der Waals surface area contributed by atoms with E-state index >= 15 is 0 Å². The van der Waals surface area contributed by atoms with Gasteiger partial charge in [0.05, 0.1) is 12.3 Å². The van der Waals surface area contributed by atoms with Crippen LogP contribution < -0.4 is 14.4 Å². The molecule has 0 bridgehead atoms. The first kappa shape index (κ1) is 22.6. The molecule has 2 heterocycles. The first-order valence-corrected chi connectivity index (χ1v) is 11.3. The Bertz CT molecular complexity index is 1060. The third-order valence-electron chi connectivity index (χ3n) is 5.63. The number of benzene rings is 2. The Hall–Kier alpha value is -3.61. The zero-order valence-corrected chi connectivity index (χ0v) is 19.5. The Balaban J connectivity index is 1.28. The van der Waals surface area contributed by atoms with Crippen LogP contribution in [0, 0.1) is 13.8 Å². The minimum Gasteiger partial charge on any atom is -0.494 e. The van der Waals surface area contributed by atoms with Gasteiger partial charge in [0, 0.05) is 31.7 Å². The minimum atomic E-state index is 0.00532. The summed E-state index contributed by atoms with van der Waals surface area (Å²) in [5, 5.41) is 8.81. The van der Waals surface area contributed by atoms with E-state index in [9.17, 15) is 4.79 Å². The molecule has 1 amide bonds. The number of aryl methyl sites for hydroxylation is 2. The normalized spacial score (nSPS) is 13.7. The highest BCUT2D eigenvalue weighted by atomic mass is 16.5. The highest BCUT2D eigenvalue weighted by Gasteiger charge is 2.22. The fourth-order valence-corrected chi connectivity index (χ4v) is 3.97. The number of piperazine rings is 1. The molecular formula is C26H30N4O3. The monoisotopic (exact) mass is 446 g/mol. The van der Waals surface area contributed by atoms with E-state index in [4.69, 9.17) is 9.47 Å². The smallest absolute Gasteiger partial charge is 0.260 e. The van der Waals surface area contributed by atoms with Crippen LogP contribution in [-0.2, 0) is 4.79 Å². The summed E-state index contributed by atoms with van der Waals surface area (Å²) in [4.78, 5) is 16.6. The number of hydrogen-bond acceptors (Lipinski definition) is 6. The Labute approximate surface area is 195 Å². The van der Waals surface area contributed by atoms with Gasteiger partial charge < -0.3 is 19.3 Å². The van der Waals surface area contributed by atoms with Crippen LogP contribution in [-0.4, -0.2) is 60.4 Å². The Morgan fingerprint density at radius 1 is 0.848 bits per heavy atom. The molecule has 1 aliphatic heterocycles. The number of hydrogen-bond donors (Lipinski definition) is 0. The summed E-state index contributed by atoms with van der Waals surface area (Å²) >= 11 is 0. The van der Waals surface area contributed by atoms with Crippen LogP contribution in [0.5, 0.6) is 11.5 Å². The summed E-state index contributed by atoms with van der Waals surface area (Å²) in [6, 6.07) is 17.8. The molecule has 3 aromatic rings. The predicted octanol–water partition coefficient (Wildman–Crippen LogP) is 3.89. The van der Waals surface area contributed by atoms with Crippen molar-refractivity contribution in [2.75, 3.05) is 44.3 Å². The molecule has 1 aromatic heterocycles. The van der Waals surface area contributed by atoms with Gasteiger partial charge >= 0.3 is 0 Å². The molecule has 0 atom stereocenters. The fourth-order valence-electron chi connectivity index (χ4n) is 3.97. The van der Waals surface area contributed by atoms with Gasteiger partial charge in [-0.25, -0.2) is 0 Å². The lowest BCUT2D eigenvalue weighted by Gasteiger charge is -2.35. The first-order chi connectivity index (χ1) is 16.0. The maximum Gasteiger partial charge on any atom is 0.260 e. The largest absolute Gasteiger partial charge is 0.494 e. The van der Waals surface area contributed by atoms with Crippen molar-refractivity contribution in [1.82, 2.24) is 15.1 Å². The van der Waals surface area contributed by atoms with E-state index in [0.29, 0.717) is 32.8 Å². The molecule has 0 N–H and O–H groups in total. The van der Waals surface area contributed by atoms with E-state index in [2.05, 4.69) is 21.2 Å². The van der Waals surface area contributed by atoms with Gasteiger partial charge in [-0.1, -0.05) is 6.07 Å². The Morgan fingerprint density at radius 2 is 1.55 bits per heavy atom. The van der Waals surface area contributed by atoms with Crippen LogP contribution in [0.25, 0.3) is 11.3 Å². The standard InChI is InChI=1S/C26H30N4O3/c1-4-32-22-7-5-21(6-8-22)24-9-10-25(28-27-24)29-11-13-30(14-12-29)26(31)18-33-23-16-19(2)15-20(3)17-23/h5-10,15-17H,4,11-14,18H2,1-3H3. The van der Waals surface area contributed by atoms with Crippen molar-refractivity contribution in [3.05, 3.63) is 65.7 Å². The van der Waals surface area contributed by atoms with E-state index in [1.54, 1.807) is 0 Å². The average molecular weight is 447 g/mol. The molecule has 0 aliphatic carbocycles. The number of ether oxygens (including phenoxy) is 2. The second-order valence-electron chi connectivity index (χ2n) is 8.21. The van der Waals surface area contributed by atoms with Crippen molar-refractivity contribution in [1.29, 1.82) is 0 Å². The summed E-state index contributed by atoms with van der Waals surface area (Å²) in [5.74, 6) is 2.41. The number of aromatic nitrogens is 2. The first-order valence-electron chi connectivity index (χ1n) is 11.3. The number of carbonyl (C=O) groups excluding carboxylic acids is 1. The topological polar surface area (TPSA) is 67.8 Å². The molecule has 0 radical (unpaired) electrons. The van der Waals surface area contributed by atoms with Crippen molar-refractivity contribution >= 4 is 11.7 Å². The molecular weight excluding hydrogens is 416 g/mol. The fraction of sp³-hybridized carbons (Fsp3) is 0.346. The van der Waals surface area contributed by atoms with E-state index < -0.39 is 0 Å².